The summed E-state index contributed by atoms with van der Waals surface area (Å²) in [4.78, 5) is 37.7. The van der Waals surface area contributed by atoms with Crippen LogP contribution in [0.2, 0.25) is 0 Å². The standard InChI is InChI=1S/C25H23N5O4/c1-29(2)21-12-8-18(9-13-21)16-23(27-24(31)20-6-4-3-5-7-20)25(32)28-26-17-19-10-14-22(15-11-19)30(33)34/h3-17H,1-2H3,(H,27,31)(H,28,32). The Labute approximate surface area is 196 Å². The number of nitrogens with one attached hydrogen (secondary N) is 2. The third-order valence-corrected chi connectivity index (χ3v) is 4.73. The predicted molar refractivity (Wildman–Crippen MR) is 131 cm³/mol. The Morgan fingerprint density at radius 3 is 2.12 bits per heavy atom. The quantitative estimate of drug-likeness (QED) is 0.232. The summed E-state index contributed by atoms with van der Waals surface area (Å²) in [6.45, 7) is 0. The molecular formula is C25H23N5O4. The number of nitro benzene ring substituents is 1. The van der Waals surface area contributed by atoms with Crippen LogP contribution >= 0.6 is 0 Å². The number of benzene rings is 3. The fourth-order valence-electron chi connectivity index (χ4n) is 2.89. The van der Waals surface area contributed by atoms with E-state index in [1.807, 2.05) is 43.3 Å². The highest BCUT2D eigenvalue weighted by atomic mass is 16.6. The Bertz CT molecular complexity index is 1220. The smallest absolute Gasteiger partial charge is 0.287 e. The average molecular weight is 457 g/mol. The lowest BCUT2D eigenvalue weighted by atomic mass is 10.1. The highest BCUT2D eigenvalue weighted by molar-refractivity contribution is 6.05. The average Bonchev–Trinajstić information content (AvgIpc) is 2.84. The van der Waals surface area contributed by atoms with Gasteiger partial charge in [-0.3, -0.25) is 19.7 Å². The summed E-state index contributed by atoms with van der Waals surface area (Å²) in [5.41, 5.74) is 5.00. The molecule has 0 fully saturated rings. The van der Waals surface area contributed by atoms with Gasteiger partial charge in [0.15, 0.2) is 0 Å². The normalized spacial score (nSPS) is 11.2. The molecule has 3 rings (SSSR count). The second-order valence-corrected chi connectivity index (χ2v) is 7.41. The van der Waals surface area contributed by atoms with Crippen LogP contribution < -0.4 is 15.6 Å². The number of hydrogen-bond acceptors (Lipinski definition) is 6. The molecule has 0 aliphatic rings. The Morgan fingerprint density at radius 1 is 0.912 bits per heavy atom. The first-order valence-electron chi connectivity index (χ1n) is 10.3. The van der Waals surface area contributed by atoms with Crippen molar-refractivity contribution in [3.63, 3.8) is 0 Å². The molecule has 3 aromatic carbocycles. The molecule has 9 heteroatoms. The number of rotatable bonds is 8. The van der Waals surface area contributed by atoms with E-state index in [9.17, 15) is 19.7 Å². The number of nitrogens with zero attached hydrogens (tertiary/aromatic N) is 3. The fourth-order valence-corrected chi connectivity index (χ4v) is 2.89. The zero-order valence-electron chi connectivity index (χ0n) is 18.6. The van der Waals surface area contributed by atoms with Gasteiger partial charge in [0.1, 0.15) is 5.70 Å². The molecule has 172 valence electrons. The van der Waals surface area contributed by atoms with Crippen LogP contribution in [0.3, 0.4) is 0 Å². The highest BCUT2D eigenvalue weighted by Crippen LogP contribution is 2.15. The maximum Gasteiger partial charge on any atom is 0.287 e. The van der Waals surface area contributed by atoms with Crippen LogP contribution in [0.15, 0.2) is 89.7 Å². The zero-order chi connectivity index (χ0) is 24.5. The number of anilines is 1. The molecule has 0 unspecified atom stereocenters. The highest BCUT2D eigenvalue weighted by Gasteiger charge is 2.14. The summed E-state index contributed by atoms with van der Waals surface area (Å²) in [7, 11) is 3.85. The zero-order valence-corrected chi connectivity index (χ0v) is 18.6. The summed E-state index contributed by atoms with van der Waals surface area (Å²) in [5.74, 6) is -1.06. The van der Waals surface area contributed by atoms with Crippen LogP contribution in [-0.4, -0.2) is 37.0 Å². The van der Waals surface area contributed by atoms with Crippen LogP contribution in [0.1, 0.15) is 21.5 Å². The largest absolute Gasteiger partial charge is 0.378 e. The van der Waals surface area contributed by atoms with Gasteiger partial charge in [0.25, 0.3) is 17.5 Å². The van der Waals surface area contributed by atoms with Gasteiger partial charge in [-0.05, 0) is 53.6 Å². The van der Waals surface area contributed by atoms with Gasteiger partial charge >= 0.3 is 0 Å². The molecule has 0 radical (unpaired) electrons. The number of carbonyl (C=O) groups is 2. The Balaban J connectivity index is 1.79. The van der Waals surface area contributed by atoms with Crippen LogP contribution in [0.5, 0.6) is 0 Å². The first-order valence-corrected chi connectivity index (χ1v) is 10.3. The Hall–Kier alpha value is -4.79. The van der Waals surface area contributed by atoms with Gasteiger partial charge in [-0.2, -0.15) is 5.10 Å². The lowest BCUT2D eigenvalue weighted by molar-refractivity contribution is -0.384. The molecule has 9 nitrogen and oxygen atoms in total. The maximum absolute atomic E-state index is 12.8. The van der Waals surface area contributed by atoms with Crippen molar-refractivity contribution in [3.05, 3.63) is 111 Å². The Kier molecular flexibility index (Phi) is 7.85. The second kappa shape index (κ2) is 11.2. The van der Waals surface area contributed by atoms with E-state index < -0.39 is 16.7 Å². The van der Waals surface area contributed by atoms with E-state index >= 15 is 0 Å². The number of nitro groups is 1. The second-order valence-electron chi connectivity index (χ2n) is 7.41. The van der Waals surface area contributed by atoms with Crippen molar-refractivity contribution < 1.29 is 14.5 Å². The summed E-state index contributed by atoms with van der Waals surface area (Å²) in [6.07, 6.45) is 2.90. The van der Waals surface area contributed by atoms with Gasteiger partial charge in [0, 0.05) is 37.5 Å². The number of amides is 2. The molecule has 0 aliphatic carbocycles. The van der Waals surface area contributed by atoms with Crippen molar-refractivity contribution >= 4 is 35.5 Å². The molecule has 0 bridgehead atoms. The van der Waals surface area contributed by atoms with Gasteiger partial charge in [-0.1, -0.05) is 30.3 Å². The number of carbonyl (C=O) groups excluding carboxylic acids is 2. The molecular weight excluding hydrogens is 434 g/mol. The number of hydrazone groups is 1. The Morgan fingerprint density at radius 2 is 1.53 bits per heavy atom. The number of hydrogen-bond donors (Lipinski definition) is 2. The lowest BCUT2D eigenvalue weighted by Crippen LogP contribution is -2.32. The SMILES string of the molecule is CN(C)c1ccc(C=C(NC(=O)c2ccccc2)C(=O)NN=Cc2ccc([N+](=O)[O-])cc2)cc1. The molecule has 0 saturated carbocycles. The summed E-state index contributed by atoms with van der Waals surface area (Å²) >= 11 is 0. The minimum absolute atomic E-state index is 0.00676. The molecule has 0 saturated heterocycles. The lowest BCUT2D eigenvalue weighted by Gasteiger charge is -2.12. The van der Waals surface area contributed by atoms with E-state index in [0.29, 0.717) is 16.7 Å². The van der Waals surface area contributed by atoms with Crippen LogP contribution in [-0.2, 0) is 4.79 Å². The van der Waals surface area contributed by atoms with Crippen molar-refractivity contribution in [3.8, 4) is 0 Å². The van der Waals surface area contributed by atoms with E-state index in [1.165, 1.54) is 30.5 Å². The predicted octanol–water partition coefficient (Wildman–Crippen LogP) is 3.58. The van der Waals surface area contributed by atoms with Gasteiger partial charge in [-0.25, -0.2) is 5.43 Å². The van der Waals surface area contributed by atoms with Gasteiger partial charge in [-0.15, -0.1) is 0 Å². The molecule has 2 amide bonds. The van der Waals surface area contributed by atoms with Gasteiger partial charge < -0.3 is 10.2 Å². The summed E-state index contributed by atoms with van der Waals surface area (Å²) in [5, 5.41) is 17.3. The molecule has 0 heterocycles. The minimum atomic E-state index is -0.626. The van der Waals surface area contributed by atoms with Gasteiger partial charge in [0.2, 0.25) is 0 Å². The fraction of sp³-hybridized carbons (Fsp3) is 0.0800. The van der Waals surface area contributed by atoms with Crippen LogP contribution in [0.25, 0.3) is 6.08 Å². The van der Waals surface area contributed by atoms with E-state index in [2.05, 4.69) is 15.8 Å². The molecule has 0 spiro atoms. The monoisotopic (exact) mass is 457 g/mol. The topological polar surface area (TPSA) is 117 Å². The first kappa shape index (κ1) is 23.9. The molecule has 34 heavy (non-hydrogen) atoms. The van der Waals surface area contributed by atoms with E-state index in [4.69, 9.17) is 0 Å². The third kappa shape index (κ3) is 6.60. The maximum atomic E-state index is 12.8. The van der Waals surface area contributed by atoms with Crippen molar-refractivity contribution in [1.29, 1.82) is 0 Å². The molecule has 0 aliphatic heterocycles. The molecule has 3 aromatic rings. The third-order valence-electron chi connectivity index (χ3n) is 4.73. The number of non-ortho nitro benzene ring substituents is 1. The van der Waals surface area contributed by atoms with Gasteiger partial charge in [0.05, 0.1) is 11.1 Å². The van der Waals surface area contributed by atoms with Crippen molar-refractivity contribution in [2.45, 2.75) is 0 Å². The van der Waals surface area contributed by atoms with Crippen LogP contribution in [0.4, 0.5) is 11.4 Å². The van der Waals surface area contributed by atoms with Crippen molar-refractivity contribution in [1.82, 2.24) is 10.7 Å². The van der Waals surface area contributed by atoms with Crippen molar-refractivity contribution in [2.24, 2.45) is 5.10 Å². The molecule has 0 atom stereocenters. The molecule has 0 aromatic heterocycles. The van der Waals surface area contributed by atoms with E-state index in [1.54, 1.807) is 36.4 Å². The van der Waals surface area contributed by atoms with Crippen molar-refractivity contribution in [2.75, 3.05) is 19.0 Å². The first-order chi connectivity index (χ1) is 16.3. The van der Waals surface area contributed by atoms with E-state index in [0.717, 1.165) is 5.69 Å². The van der Waals surface area contributed by atoms with Crippen LogP contribution in [0, 0.1) is 10.1 Å². The minimum Gasteiger partial charge on any atom is -0.378 e. The van der Waals surface area contributed by atoms with E-state index in [-0.39, 0.29) is 11.4 Å². The molecule has 2 N–H and O–H groups in total. The summed E-state index contributed by atoms with van der Waals surface area (Å²) in [6, 6.07) is 21.7. The summed E-state index contributed by atoms with van der Waals surface area (Å²) < 4.78 is 0.